The van der Waals surface area contributed by atoms with E-state index in [4.69, 9.17) is 0 Å². The number of hydrogen-bond acceptors (Lipinski definition) is 4. The molecule has 31 heavy (non-hydrogen) atoms. The Kier molecular flexibility index (Phi) is 5.32. The zero-order valence-corrected chi connectivity index (χ0v) is 16.6. The first kappa shape index (κ1) is 20.0. The first-order chi connectivity index (χ1) is 15.0. The molecule has 0 aliphatic carbocycles. The van der Waals surface area contributed by atoms with Gasteiger partial charge in [0.15, 0.2) is 0 Å². The van der Waals surface area contributed by atoms with Gasteiger partial charge in [0.25, 0.3) is 11.8 Å². The van der Waals surface area contributed by atoms with E-state index in [1.807, 2.05) is 0 Å². The predicted molar refractivity (Wildman–Crippen MR) is 117 cm³/mol. The number of para-hydroxylation sites is 1. The van der Waals surface area contributed by atoms with E-state index >= 15 is 0 Å². The molecular formula is C24H18FN3O3. The lowest BCUT2D eigenvalue weighted by atomic mass is 10.0. The molecule has 7 heteroatoms. The average Bonchev–Trinajstić information content (AvgIpc) is 3.00. The minimum absolute atomic E-state index is 0.0479. The van der Waals surface area contributed by atoms with Gasteiger partial charge < -0.3 is 10.6 Å². The highest BCUT2D eigenvalue weighted by Crippen LogP contribution is 2.34. The number of anilines is 3. The van der Waals surface area contributed by atoms with Crippen LogP contribution in [0.5, 0.6) is 0 Å². The number of nitrogens with one attached hydrogen (secondary N) is 2. The molecule has 0 bridgehead atoms. The summed E-state index contributed by atoms with van der Waals surface area (Å²) in [6.45, 7) is 1.41. The van der Waals surface area contributed by atoms with Crippen LogP contribution >= 0.6 is 0 Å². The molecule has 0 atom stereocenters. The third kappa shape index (κ3) is 3.93. The van der Waals surface area contributed by atoms with Crippen LogP contribution in [0.3, 0.4) is 0 Å². The second kappa shape index (κ2) is 8.23. The van der Waals surface area contributed by atoms with E-state index in [0.717, 1.165) is 4.90 Å². The minimum atomic E-state index is -0.669. The molecule has 0 saturated heterocycles. The molecule has 0 aromatic heterocycles. The molecular weight excluding hydrogens is 397 g/mol. The van der Waals surface area contributed by atoms with E-state index in [1.165, 1.54) is 25.1 Å². The van der Waals surface area contributed by atoms with Crippen LogP contribution in [0.1, 0.15) is 12.5 Å². The molecule has 3 aromatic carbocycles. The van der Waals surface area contributed by atoms with Gasteiger partial charge in [-0.2, -0.15) is 0 Å². The Hall–Kier alpha value is -4.26. The fraction of sp³-hybridized carbons (Fsp3) is 0.0417. The minimum Gasteiger partial charge on any atom is -0.350 e. The lowest BCUT2D eigenvalue weighted by Gasteiger charge is -2.16. The number of amides is 3. The summed E-state index contributed by atoms with van der Waals surface area (Å²) >= 11 is 0. The monoisotopic (exact) mass is 415 g/mol. The van der Waals surface area contributed by atoms with E-state index in [9.17, 15) is 18.8 Å². The van der Waals surface area contributed by atoms with Gasteiger partial charge in [0.2, 0.25) is 5.91 Å². The maximum atomic E-state index is 14.4. The Balaban J connectivity index is 1.75. The van der Waals surface area contributed by atoms with Crippen molar-refractivity contribution in [3.8, 4) is 0 Å². The van der Waals surface area contributed by atoms with Crippen LogP contribution in [0.15, 0.2) is 84.6 Å². The molecule has 1 aliphatic rings. The summed E-state index contributed by atoms with van der Waals surface area (Å²) in [7, 11) is 0. The fourth-order valence-corrected chi connectivity index (χ4v) is 3.35. The lowest BCUT2D eigenvalue weighted by molar-refractivity contribution is -0.120. The first-order valence-corrected chi connectivity index (χ1v) is 9.53. The van der Waals surface area contributed by atoms with E-state index in [0.29, 0.717) is 16.9 Å². The Morgan fingerprint density at radius 3 is 2.06 bits per heavy atom. The number of carbonyl (C=O) groups excluding carboxylic acids is 3. The van der Waals surface area contributed by atoms with Crippen molar-refractivity contribution in [2.24, 2.45) is 0 Å². The highest BCUT2D eigenvalue weighted by Gasteiger charge is 2.41. The van der Waals surface area contributed by atoms with E-state index < -0.39 is 17.6 Å². The van der Waals surface area contributed by atoms with Gasteiger partial charge in [-0.3, -0.25) is 14.4 Å². The van der Waals surface area contributed by atoms with Gasteiger partial charge in [-0.15, -0.1) is 0 Å². The number of benzene rings is 3. The van der Waals surface area contributed by atoms with E-state index in [1.54, 1.807) is 60.7 Å². The molecule has 3 aromatic rings. The smallest absolute Gasteiger partial charge is 0.282 e. The number of imide groups is 1. The number of halogens is 1. The summed E-state index contributed by atoms with van der Waals surface area (Å²) in [5.74, 6) is -2.14. The standard InChI is InChI=1S/C24H18FN3O3/c1-15(29)26-17-11-13-18(14-12-17)27-22-21(16-7-3-2-4-8-16)23(30)28(24(22)31)20-10-6-5-9-19(20)25/h2-14,27H,1H3,(H,26,29). The average molecular weight is 415 g/mol. The highest BCUT2D eigenvalue weighted by atomic mass is 19.1. The van der Waals surface area contributed by atoms with Crippen LogP contribution in [0.25, 0.3) is 5.57 Å². The summed E-state index contributed by atoms with van der Waals surface area (Å²) in [6.07, 6.45) is 0. The normalized spacial score (nSPS) is 13.5. The zero-order valence-electron chi connectivity index (χ0n) is 16.6. The van der Waals surface area contributed by atoms with Crippen molar-refractivity contribution in [2.75, 3.05) is 15.5 Å². The summed E-state index contributed by atoms with van der Waals surface area (Å²) in [5, 5.41) is 5.66. The fourth-order valence-electron chi connectivity index (χ4n) is 3.35. The molecule has 0 fully saturated rings. The predicted octanol–water partition coefficient (Wildman–Crippen LogP) is 4.18. The first-order valence-electron chi connectivity index (χ1n) is 9.53. The molecule has 0 spiro atoms. The molecule has 1 heterocycles. The van der Waals surface area contributed by atoms with Crippen LogP contribution in [-0.2, 0) is 14.4 Å². The van der Waals surface area contributed by atoms with Crippen molar-refractivity contribution in [3.63, 3.8) is 0 Å². The molecule has 3 amide bonds. The van der Waals surface area contributed by atoms with Crippen LogP contribution in [0.4, 0.5) is 21.5 Å². The van der Waals surface area contributed by atoms with Gasteiger partial charge in [-0.05, 0) is 42.0 Å². The summed E-state index contributed by atoms with van der Waals surface area (Å²) in [6, 6.07) is 21.1. The molecule has 0 saturated carbocycles. The second-order valence-electron chi connectivity index (χ2n) is 6.90. The quantitative estimate of drug-likeness (QED) is 0.613. The van der Waals surface area contributed by atoms with Gasteiger partial charge in [0, 0.05) is 18.3 Å². The number of rotatable bonds is 5. The molecule has 0 radical (unpaired) electrons. The Morgan fingerprint density at radius 2 is 1.42 bits per heavy atom. The Bertz CT molecular complexity index is 1200. The largest absolute Gasteiger partial charge is 0.350 e. The summed E-state index contributed by atoms with van der Waals surface area (Å²) in [5.41, 5.74) is 1.76. The van der Waals surface area contributed by atoms with Gasteiger partial charge in [-0.1, -0.05) is 42.5 Å². The number of nitrogens with zero attached hydrogens (tertiary/aromatic N) is 1. The van der Waals surface area contributed by atoms with Crippen molar-refractivity contribution >= 4 is 40.4 Å². The third-order valence-corrected chi connectivity index (χ3v) is 4.71. The van der Waals surface area contributed by atoms with Gasteiger partial charge in [-0.25, -0.2) is 9.29 Å². The van der Waals surface area contributed by atoms with Crippen molar-refractivity contribution in [1.29, 1.82) is 0 Å². The maximum absolute atomic E-state index is 14.4. The van der Waals surface area contributed by atoms with E-state index in [-0.39, 0.29) is 22.9 Å². The highest BCUT2D eigenvalue weighted by molar-refractivity contribution is 6.46. The van der Waals surface area contributed by atoms with E-state index in [2.05, 4.69) is 10.6 Å². The third-order valence-electron chi connectivity index (χ3n) is 4.71. The van der Waals surface area contributed by atoms with Gasteiger partial charge in [0.1, 0.15) is 11.5 Å². The molecule has 0 unspecified atom stereocenters. The zero-order chi connectivity index (χ0) is 22.0. The maximum Gasteiger partial charge on any atom is 0.282 e. The second-order valence-corrected chi connectivity index (χ2v) is 6.90. The van der Waals surface area contributed by atoms with Crippen molar-refractivity contribution in [3.05, 3.63) is 95.9 Å². The Labute approximate surface area is 178 Å². The number of hydrogen-bond donors (Lipinski definition) is 2. The van der Waals surface area contributed by atoms with Crippen molar-refractivity contribution < 1.29 is 18.8 Å². The topological polar surface area (TPSA) is 78.5 Å². The van der Waals surface area contributed by atoms with Gasteiger partial charge >= 0.3 is 0 Å². The molecule has 6 nitrogen and oxygen atoms in total. The SMILES string of the molecule is CC(=O)Nc1ccc(NC2=C(c3ccccc3)C(=O)N(c3ccccc3F)C2=O)cc1. The summed E-state index contributed by atoms with van der Waals surface area (Å²) in [4.78, 5) is 38.5. The summed E-state index contributed by atoms with van der Waals surface area (Å²) < 4.78 is 14.4. The molecule has 2 N–H and O–H groups in total. The van der Waals surface area contributed by atoms with Gasteiger partial charge in [0.05, 0.1) is 11.3 Å². The van der Waals surface area contributed by atoms with Crippen molar-refractivity contribution in [2.45, 2.75) is 6.92 Å². The van der Waals surface area contributed by atoms with Crippen molar-refractivity contribution in [1.82, 2.24) is 0 Å². The van der Waals surface area contributed by atoms with Crippen LogP contribution in [0.2, 0.25) is 0 Å². The van der Waals surface area contributed by atoms with Crippen LogP contribution in [0, 0.1) is 5.82 Å². The number of carbonyl (C=O) groups is 3. The molecule has 154 valence electrons. The van der Waals surface area contributed by atoms with Crippen LogP contribution < -0.4 is 15.5 Å². The molecule has 1 aliphatic heterocycles. The van der Waals surface area contributed by atoms with Crippen LogP contribution in [-0.4, -0.2) is 17.7 Å². The Morgan fingerprint density at radius 1 is 0.806 bits per heavy atom. The molecule has 4 rings (SSSR count). The lowest BCUT2D eigenvalue weighted by Crippen LogP contribution is -2.33.